The third-order valence-corrected chi connectivity index (χ3v) is 2.73. The van der Waals surface area contributed by atoms with Crippen molar-refractivity contribution in [2.24, 2.45) is 0 Å². The minimum absolute atomic E-state index is 0.564. The summed E-state index contributed by atoms with van der Waals surface area (Å²) in [5.74, 6) is 0.670. The first kappa shape index (κ1) is 11.9. The van der Waals surface area contributed by atoms with E-state index in [-0.39, 0.29) is 0 Å². The predicted octanol–water partition coefficient (Wildman–Crippen LogP) is 2.17. The molecule has 1 heterocycles. The number of nitrogens with zero attached hydrogens (tertiary/aromatic N) is 3. The van der Waals surface area contributed by atoms with Crippen molar-refractivity contribution in [1.29, 1.82) is 5.26 Å². The van der Waals surface area contributed by atoms with Crippen LogP contribution in [0.5, 0.6) is 0 Å². The highest BCUT2D eigenvalue weighted by Gasteiger charge is 2.09. The minimum atomic E-state index is 0.564. The molecule has 0 saturated heterocycles. The van der Waals surface area contributed by atoms with E-state index in [1.165, 1.54) is 0 Å². The van der Waals surface area contributed by atoms with Crippen LogP contribution >= 0.6 is 0 Å². The van der Waals surface area contributed by atoms with Gasteiger partial charge in [0.25, 0.3) is 0 Å². The SMILES string of the molecule is CN(Cc1ccccc1N)c1ncccc1C#N. The summed E-state index contributed by atoms with van der Waals surface area (Å²) in [4.78, 5) is 6.16. The van der Waals surface area contributed by atoms with Gasteiger partial charge in [-0.15, -0.1) is 0 Å². The van der Waals surface area contributed by atoms with Crippen molar-refractivity contribution in [3.63, 3.8) is 0 Å². The number of nitriles is 1. The van der Waals surface area contributed by atoms with E-state index in [1.54, 1.807) is 18.3 Å². The van der Waals surface area contributed by atoms with Crippen molar-refractivity contribution in [1.82, 2.24) is 4.98 Å². The molecule has 18 heavy (non-hydrogen) atoms. The van der Waals surface area contributed by atoms with E-state index in [0.29, 0.717) is 17.9 Å². The second kappa shape index (κ2) is 5.19. The van der Waals surface area contributed by atoms with Crippen LogP contribution in [0.2, 0.25) is 0 Å². The zero-order chi connectivity index (χ0) is 13.0. The number of aromatic nitrogens is 1. The van der Waals surface area contributed by atoms with Gasteiger partial charge in [-0.1, -0.05) is 18.2 Å². The number of pyridine rings is 1. The van der Waals surface area contributed by atoms with Crippen LogP contribution in [0.4, 0.5) is 11.5 Å². The summed E-state index contributed by atoms with van der Waals surface area (Å²) in [5.41, 5.74) is 8.24. The van der Waals surface area contributed by atoms with Gasteiger partial charge in [0.15, 0.2) is 0 Å². The lowest BCUT2D eigenvalue weighted by Gasteiger charge is -2.19. The van der Waals surface area contributed by atoms with Gasteiger partial charge in [-0.25, -0.2) is 4.98 Å². The zero-order valence-corrected chi connectivity index (χ0v) is 10.2. The van der Waals surface area contributed by atoms with Gasteiger partial charge in [0.05, 0.1) is 5.56 Å². The lowest BCUT2D eigenvalue weighted by molar-refractivity contribution is 0.897. The quantitative estimate of drug-likeness (QED) is 0.832. The number of rotatable bonds is 3. The molecule has 2 aromatic rings. The summed E-state index contributed by atoms with van der Waals surface area (Å²) in [6, 6.07) is 13.3. The topological polar surface area (TPSA) is 65.9 Å². The number of hydrogen-bond acceptors (Lipinski definition) is 4. The van der Waals surface area contributed by atoms with E-state index in [9.17, 15) is 0 Å². The summed E-state index contributed by atoms with van der Waals surface area (Å²) < 4.78 is 0. The molecule has 90 valence electrons. The number of anilines is 2. The molecule has 0 unspecified atom stereocenters. The number of nitrogens with two attached hydrogens (primary N) is 1. The molecule has 0 saturated carbocycles. The Morgan fingerprint density at radius 1 is 1.28 bits per heavy atom. The normalized spacial score (nSPS) is 9.78. The lowest BCUT2D eigenvalue weighted by Crippen LogP contribution is -2.19. The van der Waals surface area contributed by atoms with Gasteiger partial charge in [-0.2, -0.15) is 5.26 Å². The molecule has 0 atom stereocenters. The molecule has 2 rings (SSSR count). The Labute approximate surface area is 106 Å². The Morgan fingerprint density at radius 2 is 2.06 bits per heavy atom. The summed E-state index contributed by atoms with van der Waals surface area (Å²) in [6.07, 6.45) is 1.68. The monoisotopic (exact) mass is 238 g/mol. The first-order valence-electron chi connectivity index (χ1n) is 5.62. The summed E-state index contributed by atoms with van der Waals surface area (Å²) in [6.45, 7) is 0.623. The Balaban J connectivity index is 2.26. The molecule has 0 aliphatic heterocycles. The zero-order valence-electron chi connectivity index (χ0n) is 10.2. The minimum Gasteiger partial charge on any atom is -0.398 e. The maximum Gasteiger partial charge on any atom is 0.146 e. The molecule has 0 amide bonds. The first-order valence-corrected chi connectivity index (χ1v) is 5.62. The van der Waals surface area contributed by atoms with Crippen molar-refractivity contribution < 1.29 is 0 Å². The van der Waals surface area contributed by atoms with E-state index in [1.807, 2.05) is 36.2 Å². The van der Waals surface area contributed by atoms with Crippen molar-refractivity contribution in [2.45, 2.75) is 6.54 Å². The number of para-hydroxylation sites is 1. The van der Waals surface area contributed by atoms with Crippen LogP contribution in [0.3, 0.4) is 0 Å². The average molecular weight is 238 g/mol. The maximum atomic E-state index is 9.05. The second-order valence-corrected chi connectivity index (χ2v) is 4.04. The fraction of sp³-hybridized carbons (Fsp3) is 0.143. The highest BCUT2D eigenvalue weighted by Crippen LogP contribution is 2.19. The van der Waals surface area contributed by atoms with Crippen molar-refractivity contribution in [2.75, 3.05) is 17.7 Å². The Bertz CT molecular complexity index is 586. The van der Waals surface area contributed by atoms with Crippen molar-refractivity contribution >= 4 is 11.5 Å². The lowest BCUT2D eigenvalue weighted by atomic mass is 10.1. The molecule has 0 radical (unpaired) electrons. The van der Waals surface area contributed by atoms with E-state index >= 15 is 0 Å². The van der Waals surface area contributed by atoms with Gasteiger partial charge in [0.1, 0.15) is 11.9 Å². The van der Waals surface area contributed by atoms with E-state index in [0.717, 1.165) is 11.3 Å². The Kier molecular flexibility index (Phi) is 3.44. The van der Waals surface area contributed by atoms with Gasteiger partial charge in [-0.05, 0) is 23.8 Å². The molecule has 0 fully saturated rings. The van der Waals surface area contributed by atoms with Crippen LogP contribution in [0.25, 0.3) is 0 Å². The van der Waals surface area contributed by atoms with Crippen LogP contribution in [-0.4, -0.2) is 12.0 Å². The van der Waals surface area contributed by atoms with Crippen molar-refractivity contribution in [3.8, 4) is 6.07 Å². The van der Waals surface area contributed by atoms with E-state index < -0.39 is 0 Å². The van der Waals surface area contributed by atoms with Gasteiger partial charge in [-0.3, -0.25) is 0 Å². The molecule has 1 aromatic heterocycles. The highest BCUT2D eigenvalue weighted by molar-refractivity contribution is 5.55. The summed E-state index contributed by atoms with van der Waals surface area (Å²) in [5, 5.41) is 9.05. The van der Waals surface area contributed by atoms with Crippen LogP contribution in [0.1, 0.15) is 11.1 Å². The standard InChI is InChI=1S/C14H14N4/c1-18(10-12-5-2-3-7-13(12)16)14-11(9-15)6-4-8-17-14/h2-8H,10,16H2,1H3. The Morgan fingerprint density at radius 3 is 2.78 bits per heavy atom. The molecule has 4 nitrogen and oxygen atoms in total. The largest absolute Gasteiger partial charge is 0.398 e. The first-order chi connectivity index (χ1) is 8.72. The highest BCUT2D eigenvalue weighted by atomic mass is 15.2. The molecular formula is C14H14N4. The molecule has 2 N–H and O–H groups in total. The Hall–Kier alpha value is -2.54. The molecule has 4 heteroatoms. The van der Waals surface area contributed by atoms with Gasteiger partial charge < -0.3 is 10.6 Å². The fourth-order valence-corrected chi connectivity index (χ4v) is 1.80. The number of hydrogen-bond donors (Lipinski definition) is 1. The van der Waals surface area contributed by atoms with Gasteiger partial charge in [0, 0.05) is 25.5 Å². The van der Waals surface area contributed by atoms with Crippen LogP contribution in [-0.2, 0) is 6.54 Å². The fourth-order valence-electron chi connectivity index (χ4n) is 1.80. The van der Waals surface area contributed by atoms with Gasteiger partial charge >= 0.3 is 0 Å². The second-order valence-electron chi connectivity index (χ2n) is 4.04. The molecule has 0 spiro atoms. The average Bonchev–Trinajstić information content (AvgIpc) is 2.41. The number of nitrogen functional groups attached to an aromatic ring is 1. The molecule has 0 bridgehead atoms. The van der Waals surface area contributed by atoms with Crippen LogP contribution < -0.4 is 10.6 Å². The van der Waals surface area contributed by atoms with E-state index in [4.69, 9.17) is 11.0 Å². The molecule has 0 aliphatic rings. The van der Waals surface area contributed by atoms with Crippen molar-refractivity contribution in [3.05, 3.63) is 53.7 Å². The third-order valence-electron chi connectivity index (χ3n) is 2.73. The molecule has 0 aliphatic carbocycles. The third kappa shape index (κ3) is 2.41. The summed E-state index contributed by atoms with van der Waals surface area (Å²) >= 11 is 0. The van der Waals surface area contributed by atoms with Gasteiger partial charge in [0.2, 0.25) is 0 Å². The van der Waals surface area contributed by atoms with Crippen LogP contribution in [0, 0.1) is 11.3 Å². The molecular weight excluding hydrogens is 224 g/mol. The smallest absolute Gasteiger partial charge is 0.146 e. The van der Waals surface area contributed by atoms with Crippen LogP contribution in [0.15, 0.2) is 42.6 Å². The maximum absolute atomic E-state index is 9.05. The summed E-state index contributed by atoms with van der Waals surface area (Å²) in [7, 11) is 1.90. The predicted molar refractivity (Wildman–Crippen MR) is 71.9 cm³/mol. The van der Waals surface area contributed by atoms with E-state index in [2.05, 4.69) is 11.1 Å². The molecule has 1 aromatic carbocycles. The number of benzene rings is 1.